The number of carbonyl (C=O) groups is 2. The molecule has 2 aliphatic heterocycles. The number of imide groups is 1. The molecule has 0 unspecified atom stereocenters. The second-order valence-electron chi connectivity index (χ2n) is 8.79. The Bertz CT molecular complexity index is 918. The lowest BCUT2D eigenvalue weighted by Crippen LogP contribution is -2.48. The first-order valence-corrected chi connectivity index (χ1v) is 11.5. The van der Waals surface area contributed by atoms with Gasteiger partial charge in [-0.1, -0.05) is 30.3 Å². The number of nitrogens with zero attached hydrogens (tertiary/aromatic N) is 3. The first-order valence-electron chi connectivity index (χ1n) is 11.5. The van der Waals surface area contributed by atoms with E-state index in [9.17, 15) is 9.59 Å². The number of hydrogen-bond acceptors (Lipinski definition) is 5. The molecule has 2 heterocycles. The van der Waals surface area contributed by atoms with Gasteiger partial charge in [0.25, 0.3) is 0 Å². The molecule has 0 saturated carbocycles. The molecule has 6 nitrogen and oxygen atoms in total. The van der Waals surface area contributed by atoms with Crippen molar-refractivity contribution >= 4 is 17.5 Å². The van der Waals surface area contributed by atoms with Crippen LogP contribution in [-0.2, 0) is 9.59 Å². The van der Waals surface area contributed by atoms with Gasteiger partial charge in [0.2, 0.25) is 11.8 Å². The lowest BCUT2D eigenvalue weighted by Gasteiger charge is -2.37. The Morgan fingerprint density at radius 1 is 0.875 bits per heavy atom. The van der Waals surface area contributed by atoms with Crippen molar-refractivity contribution in [2.45, 2.75) is 32.1 Å². The van der Waals surface area contributed by atoms with Crippen LogP contribution in [0.5, 0.6) is 5.75 Å². The average molecular weight is 436 g/mol. The van der Waals surface area contributed by atoms with Gasteiger partial charge < -0.3 is 9.64 Å². The maximum Gasteiger partial charge on any atom is 0.229 e. The van der Waals surface area contributed by atoms with Gasteiger partial charge in [0.15, 0.2) is 0 Å². The van der Waals surface area contributed by atoms with Gasteiger partial charge in [-0.25, -0.2) is 0 Å². The third-order valence-electron chi connectivity index (χ3n) is 6.72. The molecule has 2 fully saturated rings. The van der Waals surface area contributed by atoms with Gasteiger partial charge in [0.05, 0.1) is 7.11 Å². The Balaban J connectivity index is 1.22. The van der Waals surface area contributed by atoms with Crippen LogP contribution in [0, 0.1) is 6.92 Å². The maximum absolute atomic E-state index is 12.7. The largest absolute Gasteiger partial charge is 0.497 e. The summed E-state index contributed by atoms with van der Waals surface area (Å²) < 4.78 is 5.19. The van der Waals surface area contributed by atoms with E-state index in [0.717, 1.165) is 50.5 Å². The predicted molar refractivity (Wildman–Crippen MR) is 126 cm³/mol. The van der Waals surface area contributed by atoms with Gasteiger partial charge in [-0.2, -0.15) is 0 Å². The molecule has 0 radical (unpaired) electrons. The van der Waals surface area contributed by atoms with E-state index in [1.54, 1.807) is 7.11 Å². The van der Waals surface area contributed by atoms with Crippen molar-refractivity contribution in [3.8, 4) is 5.75 Å². The van der Waals surface area contributed by atoms with Crippen molar-refractivity contribution in [1.29, 1.82) is 0 Å². The summed E-state index contributed by atoms with van der Waals surface area (Å²) in [6.45, 7) is 7.64. The number of anilines is 1. The van der Waals surface area contributed by atoms with Crippen molar-refractivity contribution < 1.29 is 14.3 Å². The summed E-state index contributed by atoms with van der Waals surface area (Å²) in [6.07, 6.45) is 1.62. The molecule has 0 aromatic heterocycles. The zero-order valence-electron chi connectivity index (χ0n) is 19.1. The van der Waals surface area contributed by atoms with E-state index in [0.29, 0.717) is 19.4 Å². The Morgan fingerprint density at radius 2 is 1.53 bits per heavy atom. The highest BCUT2D eigenvalue weighted by molar-refractivity contribution is 5.98. The zero-order chi connectivity index (χ0) is 22.5. The molecule has 32 heavy (non-hydrogen) atoms. The highest BCUT2D eigenvalue weighted by Gasteiger charge is 2.33. The van der Waals surface area contributed by atoms with E-state index in [-0.39, 0.29) is 17.7 Å². The number of likely N-dealkylation sites (tertiary alicyclic amines) is 1. The first kappa shape index (κ1) is 22.3. The molecule has 4 rings (SSSR count). The van der Waals surface area contributed by atoms with Crippen molar-refractivity contribution in [2.24, 2.45) is 0 Å². The molecule has 2 aliphatic rings. The summed E-state index contributed by atoms with van der Waals surface area (Å²) in [7, 11) is 1.63. The van der Waals surface area contributed by atoms with Crippen LogP contribution >= 0.6 is 0 Å². The van der Waals surface area contributed by atoms with Crippen molar-refractivity contribution in [1.82, 2.24) is 9.80 Å². The second kappa shape index (κ2) is 10.2. The normalized spacial score (nSPS) is 18.3. The zero-order valence-corrected chi connectivity index (χ0v) is 19.1. The van der Waals surface area contributed by atoms with Crippen molar-refractivity contribution in [2.75, 3.05) is 51.3 Å². The van der Waals surface area contributed by atoms with Crippen LogP contribution in [0.15, 0.2) is 48.5 Å². The molecule has 0 aliphatic carbocycles. The SMILES string of the molecule is COc1ccc(C2CC(=O)N(CCCN3CCN(c4ccccc4C)CC3)C(=O)C2)cc1. The number of para-hydroxylation sites is 1. The number of piperazine rings is 1. The number of ether oxygens (including phenoxy) is 1. The summed E-state index contributed by atoms with van der Waals surface area (Å²) >= 11 is 0. The molecule has 170 valence electrons. The second-order valence-corrected chi connectivity index (χ2v) is 8.79. The lowest BCUT2D eigenvalue weighted by atomic mass is 9.88. The van der Waals surface area contributed by atoms with Gasteiger partial charge in [0, 0.05) is 57.2 Å². The topological polar surface area (TPSA) is 53.1 Å². The minimum atomic E-state index is -0.0496. The number of hydrogen-bond donors (Lipinski definition) is 0. The fraction of sp³-hybridized carbons (Fsp3) is 0.462. The number of carbonyl (C=O) groups excluding carboxylic acids is 2. The smallest absolute Gasteiger partial charge is 0.229 e. The van der Waals surface area contributed by atoms with Crippen LogP contribution in [0.3, 0.4) is 0 Å². The maximum atomic E-state index is 12.7. The van der Waals surface area contributed by atoms with Crippen LogP contribution in [-0.4, -0.2) is 68.0 Å². The minimum Gasteiger partial charge on any atom is -0.497 e. The molecule has 0 N–H and O–H groups in total. The number of amides is 2. The molecule has 0 bridgehead atoms. The number of aryl methyl sites for hydroxylation is 1. The lowest BCUT2D eigenvalue weighted by molar-refractivity contribution is -0.148. The third-order valence-corrected chi connectivity index (χ3v) is 6.72. The van der Waals surface area contributed by atoms with Gasteiger partial charge in [-0.15, -0.1) is 0 Å². The summed E-state index contributed by atoms with van der Waals surface area (Å²) in [6, 6.07) is 16.2. The third kappa shape index (κ3) is 5.13. The van der Waals surface area contributed by atoms with E-state index in [4.69, 9.17) is 4.74 Å². The van der Waals surface area contributed by atoms with Crippen molar-refractivity contribution in [3.05, 3.63) is 59.7 Å². The van der Waals surface area contributed by atoms with Gasteiger partial charge in [0.1, 0.15) is 5.75 Å². The van der Waals surface area contributed by atoms with Crippen LogP contribution < -0.4 is 9.64 Å². The molecule has 0 spiro atoms. The van der Waals surface area contributed by atoms with Gasteiger partial charge >= 0.3 is 0 Å². The number of methoxy groups -OCH3 is 1. The van der Waals surface area contributed by atoms with Crippen LogP contribution in [0.25, 0.3) is 0 Å². The van der Waals surface area contributed by atoms with E-state index < -0.39 is 0 Å². The van der Waals surface area contributed by atoms with E-state index >= 15 is 0 Å². The Hall–Kier alpha value is -2.86. The highest BCUT2D eigenvalue weighted by atomic mass is 16.5. The molecule has 2 saturated heterocycles. The highest BCUT2D eigenvalue weighted by Crippen LogP contribution is 2.30. The quantitative estimate of drug-likeness (QED) is 0.624. The van der Waals surface area contributed by atoms with Gasteiger partial charge in [-0.3, -0.25) is 19.4 Å². The predicted octanol–water partition coefficient (Wildman–Crippen LogP) is 3.45. The summed E-state index contributed by atoms with van der Waals surface area (Å²) in [5.74, 6) is 0.646. The fourth-order valence-corrected chi connectivity index (χ4v) is 4.80. The molecular weight excluding hydrogens is 402 g/mol. The van der Waals surface area contributed by atoms with E-state index in [1.807, 2.05) is 24.3 Å². The standard InChI is InChI=1S/C26H33N3O3/c1-20-6-3-4-7-24(20)28-16-14-27(15-17-28)12-5-13-29-25(30)18-22(19-26(29)31)21-8-10-23(32-2)11-9-21/h3-4,6-11,22H,5,12-19H2,1-2H3. The number of benzene rings is 2. The summed E-state index contributed by atoms with van der Waals surface area (Å²) in [5.41, 5.74) is 3.66. The number of rotatable bonds is 7. The molecule has 0 atom stereocenters. The molecule has 2 aromatic carbocycles. The monoisotopic (exact) mass is 435 g/mol. The Labute approximate surface area is 190 Å². The fourth-order valence-electron chi connectivity index (χ4n) is 4.80. The molecular formula is C26H33N3O3. The van der Waals surface area contributed by atoms with Gasteiger partial charge in [-0.05, 0) is 49.2 Å². The van der Waals surface area contributed by atoms with E-state index in [1.165, 1.54) is 16.2 Å². The van der Waals surface area contributed by atoms with Crippen molar-refractivity contribution in [3.63, 3.8) is 0 Å². The Morgan fingerprint density at radius 3 is 2.16 bits per heavy atom. The first-order chi connectivity index (χ1) is 15.5. The van der Waals surface area contributed by atoms with Crippen LogP contribution in [0.1, 0.15) is 36.3 Å². The summed E-state index contributed by atoms with van der Waals surface area (Å²) in [4.78, 5) is 31.7. The molecule has 2 amide bonds. The molecule has 6 heteroatoms. The van der Waals surface area contributed by atoms with E-state index in [2.05, 4.69) is 41.0 Å². The summed E-state index contributed by atoms with van der Waals surface area (Å²) in [5, 5.41) is 0. The Kier molecular flexibility index (Phi) is 7.10. The minimum absolute atomic E-state index is 0.0355. The van der Waals surface area contributed by atoms with Crippen LogP contribution in [0.2, 0.25) is 0 Å². The van der Waals surface area contributed by atoms with Crippen LogP contribution in [0.4, 0.5) is 5.69 Å². The number of piperidine rings is 1. The average Bonchev–Trinajstić information content (AvgIpc) is 2.81. The molecule has 2 aromatic rings.